The molecule has 0 bridgehead atoms. The third kappa shape index (κ3) is 28.7. The molecule has 28 nitrogen and oxygen atoms in total. The van der Waals surface area contributed by atoms with E-state index >= 15 is 0 Å². The molecule has 4 fully saturated rings. The lowest BCUT2D eigenvalue weighted by atomic mass is 10.1. The van der Waals surface area contributed by atoms with Crippen LogP contribution in [0.3, 0.4) is 0 Å². The molecule has 0 unspecified atom stereocenters. The second kappa shape index (κ2) is 48.2. The Morgan fingerprint density at radius 3 is 1.18 bits per heavy atom. The number of carboxylic acid groups (broad SMARTS) is 3. The summed E-state index contributed by atoms with van der Waals surface area (Å²) in [5.74, 6) is 4.74. The number of aromatic nitrogens is 5. The second-order valence-corrected chi connectivity index (χ2v) is 34.5. The first-order chi connectivity index (χ1) is 64.1. The lowest BCUT2D eigenvalue weighted by Gasteiger charge is -2.24. The number of tetrazole rings is 1. The minimum Gasteiger partial charge on any atom is -0.493 e. The van der Waals surface area contributed by atoms with Crippen molar-refractivity contribution in [3.8, 4) is 67.6 Å². The number of benzene rings is 5. The van der Waals surface area contributed by atoms with E-state index in [4.69, 9.17) is 56.4 Å². The number of nitrogens with zero attached hydrogens (tertiary/aromatic N) is 8. The van der Waals surface area contributed by atoms with E-state index in [1.165, 1.54) is 11.3 Å². The highest BCUT2D eigenvalue weighted by Crippen LogP contribution is 2.39. The van der Waals surface area contributed by atoms with Gasteiger partial charge < -0.3 is 76.0 Å². The Morgan fingerprint density at radius 2 is 0.779 bits per heavy atom. The Kier molecular flexibility index (Phi) is 34.4. The summed E-state index contributed by atoms with van der Waals surface area (Å²) in [5, 5.41) is 44.6. The molecule has 17 rings (SSSR count). The van der Waals surface area contributed by atoms with Crippen LogP contribution in [0.2, 0.25) is 0 Å². The monoisotopic (exact) mass is 1820 g/mol. The maximum absolute atomic E-state index is 13.4. The van der Waals surface area contributed by atoms with Crippen molar-refractivity contribution < 1.29 is 89.9 Å². The number of hydrogen-bond acceptors (Lipinski definition) is 22. The van der Waals surface area contributed by atoms with Gasteiger partial charge in [0, 0.05) is 125 Å². The molecule has 684 valence electrons. The van der Waals surface area contributed by atoms with Gasteiger partial charge in [-0.15, -0.1) is 32.9 Å². The number of thiophene rings is 1. The predicted molar refractivity (Wildman–Crippen MR) is 492 cm³/mol. The zero-order valence-electron chi connectivity index (χ0n) is 73.1. The molecule has 8 heterocycles. The number of carbonyl (C=O) groups excluding carboxylic acids is 4. The first-order valence-corrected chi connectivity index (χ1v) is 46.7. The van der Waals surface area contributed by atoms with Crippen LogP contribution < -0.4 is 18.9 Å². The van der Waals surface area contributed by atoms with E-state index in [0.717, 1.165) is 200 Å². The van der Waals surface area contributed by atoms with Crippen LogP contribution in [0.1, 0.15) is 217 Å². The third-order valence-corrected chi connectivity index (χ3v) is 24.3. The van der Waals surface area contributed by atoms with E-state index in [2.05, 4.69) is 25.6 Å². The number of rotatable bonds is 48. The average Bonchev–Trinajstić information content (AvgIpc) is 1.65. The van der Waals surface area contributed by atoms with Gasteiger partial charge >= 0.3 is 17.9 Å². The number of aryl methyl sites for hydroxylation is 1. The molecule has 30 heteroatoms. The van der Waals surface area contributed by atoms with Crippen molar-refractivity contribution in [2.75, 3.05) is 26.4 Å². The molecule has 13 aromatic rings. The molecule has 5 aromatic carbocycles. The van der Waals surface area contributed by atoms with E-state index < -0.39 is 17.9 Å². The fraction of sp³-hybridized carbons (Fsp3) is 0.356. The molecule has 4 aliphatic carbocycles. The maximum Gasteiger partial charge on any atom is 0.303 e. The van der Waals surface area contributed by atoms with Gasteiger partial charge in [0.05, 0.1) is 75.0 Å². The number of unbranched alkanes of at least 4 members (excludes halogenated alkanes) is 8. The molecule has 0 atom stereocenters. The summed E-state index contributed by atoms with van der Waals surface area (Å²) in [4.78, 5) is 97.8. The normalized spacial score (nSPS) is 13.1. The summed E-state index contributed by atoms with van der Waals surface area (Å²) < 4.78 is 51.3. The van der Waals surface area contributed by atoms with Gasteiger partial charge in [-0.2, -0.15) is 5.21 Å². The standard InChI is InChI=1S/C27H29N5O3.C25H27NO6.C25H27NO5S.C24H26N2O5S/c33-27(21-13-11-20(12-14-21)24-9-6-18-35-24)32(23-15-16-23)19-22-7-3-4-8-25(22)34-17-5-1-2-10-26-28-30-31-29-26;27-24(28)10-2-1-5-13-30-21-8-4-3-7-18(21)16-26(20-11-12-20)25(29)23-15-19(17-32-23)22-9-6-14-31-22;27-24(28)6-2-1-3-13-31-23-17-32-16-20(23)15-26(21-11-12-21)25(29)19-9-7-18(8-10-19)22-5-4-14-30-22;27-22(28)10-2-1-5-13-30-19-8-4-3-7-17(19)16-26(18-11-12-18)24(29)23-25-15-21(32-23)20-9-6-14-31-20/h3-4,6-9,11-14,18,23H,1-2,5,10,15-17,19H2,(H,28,29,30,31);3-4,6-9,14-15,17,20H,1-2,5,10-13,16H2,(H,27,28);4-5,7-10,14,16-17,21H,1-3,6,11-13,15H2,(H,27,28);3-4,6-9,14-15,18H,1-2,5,10-13,16H2,(H,27,28). The third-order valence-electron chi connectivity index (χ3n) is 22.5. The number of para-hydroxylation sites is 3. The number of carbonyl (C=O) groups is 7. The Labute approximate surface area is 767 Å². The molecule has 0 radical (unpaired) electrons. The predicted octanol–water partition coefficient (Wildman–Crippen LogP) is 21.5. The Morgan fingerprint density at radius 1 is 0.389 bits per heavy atom. The number of carboxylic acids is 3. The average molecular weight is 1820 g/mol. The smallest absolute Gasteiger partial charge is 0.303 e. The zero-order valence-corrected chi connectivity index (χ0v) is 74.7. The van der Waals surface area contributed by atoms with Gasteiger partial charge in [-0.3, -0.25) is 33.6 Å². The molecular weight excluding hydrogens is 1710 g/mol. The fourth-order valence-electron chi connectivity index (χ4n) is 14.8. The lowest BCUT2D eigenvalue weighted by Crippen LogP contribution is -2.32. The molecule has 4 saturated carbocycles. The van der Waals surface area contributed by atoms with Crippen molar-refractivity contribution in [1.29, 1.82) is 0 Å². The number of furan rings is 5. The number of ether oxygens (including phenoxy) is 4. The minimum atomic E-state index is -0.770. The van der Waals surface area contributed by atoms with Gasteiger partial charge in [-0.05, 0) is 225 Å². The molecule has 131 heavy (non-hydrogen) atoms. The first kappa shape index (κ1) is 93.5. The second-order valence-electron chi connectivity index (χ2n) is 32.7. The summed E-state index contributed by atoms with van der Waals surface area (Å²) in [6, 6.07) is 56.2. The molecule has 4 N–H and O–H groups in total. The molecular formula is C101H109N9O19S2. The zero-order chi connectivity index (χ0) is 90.9. The highest BCUT2D eigenvalue weighted by atomic mass is 32.1. The van der Waals surface area contributed by atoms with Gasteiger partial charge in [0.25, 0.3) is 23.6 Å². The van der Waals surface area contributed by atoms with Crippen LogP contribution in [0.5, 0.6) is 23.0 Å². The number of aromatic amines is 1. The number of thiazole rings is 1. The fourth-order valence-corrected chi connectivity index (χ4v) is 16.4. The first-order valence-electron chi connectivity index (χ1n) is 44.9. The summed E-state index contributed by atoms with van der Waals surface area (Å²) in [7, 11) is 0. The van der Waals surface area contributed by atoms with Crippen LogP contribution >= 0.6 is 22.7 Å². The van der Waals surface area contributed by atoms with Gasteiger partial charge in [0.1, 0.15) is 52.3 Å². The van der Waals surface area contributed by atoms with Crippen molar-refractivity contribution in [3.05, 3.63) is 274 Å². The number of hydrogen-bond donors (Lipinski definition) is 4. The van der Waals surface area contributed by atoms with Crippen molar-refractivity contribution >= 4 is 64.2 Å². The maximum atomic E-state index is 13.4. The molecule has 8 aromatic heterocycles. The molecule has 0 saturated heterocycles. The van der Waals surface area contributed by atoms with Gasteiger partial charge in [0.15, 0.2) is 16.6 Å². The molecule has 4 aliphatic rings. The summed E-state index contributed by atoms with van der Waals surface area (Å²) in [6.45, 7) is 4.19. The van der Waals surface area contributed by atoms with Crippen molar-refractivity contribution in [3.63, 3.8) is 0 Å². The van der Waals surface area contributed by atoms with Crippen molar-refractivity contribution in [1.82, 2.24) is 45.2 Å². The van der Waals surface area contributed by atoms with Crippen LogP contribution in [0, 0.1) is 0 Å². The Bertz CT molecular complexity index is 5530. The van der Waals surface area contributed by atoms with Crippen LogP contribution in [-0.2, 0) is 47.0 Å². The van der Waals surface area contributed by atoms with Gasteiger partial charge in [-0.1, -0.05) is 84.1 Å². The van der Waals surface area contributed by atoms with E-state index in [1.54, 1.807) is 61.0 Å². The minimum absolute atomic E-state index is 0.0318. The number of nitrogens with one attached hydrogen (secondary N) is 1. The van der Waals surface area contributed by atoms with E-state index in [0.29, 0.717) is 105 Å². The van der Waals surface area contributed by atoms with Crippen molar-refractivity contribution in [2.45, 2.75) is 204 Å². The van der Waals surface area contributed by atoms with E-state index in [-0.39, 0.29) is 67.1 Å². The van der Waals surface area contributed by atoms with E-state index in [1.807, 2.05) is 194 Å². The van der Waals surface area contributed by atoms with Gasteiger partial charge in [-0.25, -0.2) is 4.98 Å². The Hall–Kier alpha value is -13.6. The van der Waals surface area contributed by atoms with Crippen LogP contribution in [-0.4, -0.2) is 153 Å². The highest BCUT2D eigenvalue weighted by molar-refractivity contribution is 7.16. The highest BCUT2D eigenvalue weighted by Gasteiger charge is 2.39. The quantitative estimate of drug-likeness (QED) is 0.0257. The number of amides is 4. The van der Waals surface area contributed by atoms with E-state index in [9.17, 15) is 33.6 Å². The number of H-pyrrole nitrogens is 1. The molecule has 0 spiro atoms. The SMILES string of the molecule is O=C(O)CCCCCOc1ccccc1CN(C(=O)c1cc(-c2ccco2)co1)C1CC1.O=C(O)CCCCCOc1ccccc1CN(C(=O)c1ncc(-c2ccco2)s1)C1CC1.O=C(O)CCCCCOc1cscc1CN(C(=O)c1ccc(-c2ccco2)cc1)C1CC1.O=C(c1ccc(-c2ccco2)cc1)N(Cc1ccccc1OCCCCCc1nn[nH]n1)C1CC1. The van der Waals surface area contributed by atoms with Crippen LogP contribution in [0.25, 0.3) is 44.6 Å². The summed E-state index contributed by atoms with van der Waals surface area (Å²) >= 11 is 2.91. The molecule has 4 amide bonds. The molecule has 0 aliphatic heterocycles. The topological polar surface area (TPSA) is 363 Å². The largest absolute Gasteiger partial charge is 0.493 e. The summed E-state index contributed by atoms with van der Waals surface area (Å²) in [6.07, 6.45) is 28.9. The lowest BCUT2D eigenvalue weighted by molar-refractivity contribution is -0.138. The van der Waals surface area contributed by atoms with Gasteiger partial charge in [0.2, 0.25) is 0 Å². The van der Waals surface area contributed by atoms with Crippen LogP contribution in [0.15, 0.2) is 246 Å². The Balaban J connectivity index is 0.000000141. The number of aliphatic carboxylic acids is 3. The summed E-state index contributed by atoms with van der Waals surface area (Å²) in [5.41, 5.74) is 7.95. The van der Waals surface area contributed by atoms with Crippen LogP contribution in [0.4, 0.5) is 0 Å². The van der Waals surface area contributed by atoms with Crippen molar-refractivity contribution in [2.24, 2.45) is 0 Å².